The van der Waals surface area contributed by atoms with Crippen LogP contribution in [0.4, 0.5) is 17.1 Å². The van der Waals surface area contributed by atoms with Gasteiger partial charge in [-0.2, -0.15) is 0 Å². The highest BCUT2D eigenvalue weighted by molar-refractivity contribution is 7.27. The third-order valence-corrected chi connectivity index (χ3v) is 14.1. The topological polar surface area (TPSA) is 3.24 Å². The van der Waals surface area contributed by atoms with Crippen LogP contribution >= 0.6 is 11.3 Å². The summed E-state index contributed by atoms with van der Waals surface area (Å²) in [5.74, 6) is 0.383. The van der Waals surface area contributed by atoms with Crippen molar-refractivity contribution in [3.63, 3.8) is 0 Å². The number of anilines is 3. The molecule has 0 spiro atoms. The quantitative estimate of drug-likeness (QED) is 0.152. The molecular formula is C57H39NS. The van der Waals surface area contributed by atoms with Gasteiger partial charge in [0, 0.05) is 38.2 Å². The molecule has 2 heteroatoms. The van der Waals surface area contributed by atoms with Gasteiger partial charge in [-0.1, -0.05) is 188 Å². The first-order valence-electron chi connectivity index (χ1n) is 20.6. The summed E-state index contributed by atoms with van der Waals surface area (Å²) in [7, 11) is 0. The molecule has 278 valence electrons. The minimum atomic E-state index is -0.496. The number of thiophene rings is 1. The van der Waals surface area contributed by atoms with Crippen molar-refractivity contribution < 1.29 is 0 Å². The molecule has 9 aromatic carbocycles. The van der Waals surface area contributed by atoms with E-state index in [-0.39, 0.29) is 0 Å². The van der Waals surface area contributed by atoms with Crippen molar-refractivity contribution >= 4 is 70.1 Å². The largest absolute Gasteiger partial charge is 0.309 e. The number of hydrogen-bond acceptors (Lipinski definition) is 2. The molecule has 0 saturated carbocycles. The van der Waals surface area contributed by atoms with E-state index in [9.17, 15) is 0 Å². The highest BCUT2D eigenvalue weighted by atomic mass is 32.1. The minimum absolute atomic E-state index is 0.383. The Balaban J connectivity index is 1.12. The number of nitrogens with zero attached hydrogens (tertiary/aromatic N) is 1. The molecule has 10 aromatic rings. The van der Waals surface area contributed by atoms with Gasteiger partial charge in [0.1, 0.15) is 0 Å². The van der Waals surface area contributed by atoms with Crippen LogP contribution in [-0.2, 0) is 5.41 Å². The third kappa shape index (κ3) is 5.16. The van der Waals surface area contributed by atoms with Crippen LogP contribution in [0.15, 0.2) is 218 Å². The molecule has 59 heavy (non-hydrogen) atoms. The average molecular weight is 770 g/mol. The van der Waals surface area contributed by atoms with Crippen LogP contribution in [0, 0.1) is 0 Å². The lowest BCUT2D eigenvalue weighted by molar-refractivity contribution is 0.768. The molecule has 0 bridgehead atoms. The van der Waals surface area contributed by atoms with Gasteiger partial charge in [0.25, 0.3) is 0 Å². The van der Waals surface area contributed by atoms with E-state index in [0.717, 1.165) is 17.8 Å². The summed E-state index contributed by atoms with van der Waals surface area (Å²) in [6.45, 7) is 0. The maximum atomic E-state index is 2.51. The Morgan fingerprint density at radius 3 is 1.93 bits per heavy atom. The minimum Gasteiger partial charge on any atom is -0.309 e. The molecule has 1 aromatic heterocycles. The zero-order chi connectivity index (χ0) is 38.9. The number of benzene rings is 9. The van der Waals surface area contributed by atoms with E-state index in [1.165, 1.54) is 86.3 Å². The second-order valence-electron chi connectivity index (χ2n) is 15.9. The number of hydrogen-bond donors (Lipinski definition) is 0. The van der Waals surface area contributed by atoms with Crippen molar-refractivity contribution in [3.05, 3.63) is 246 Å². The molecule has 1 heterocycles. The molecule has 2 aliphatic carbocycles. The average Bonchev–Trinajstić information content (AvgIpc) is 3.85. The Bertz CT molecular complexity index is 3270. The summed E-state index contributed by atoms with van der Waals surface area (Å²) in [5, 5.41) is 7.78. The lowest BCUT2D eigenvalue weighted by Crippen LogP contribution is -2.28. The smallest absolute Gasteiger partial charge is 0.0714 e. The molecular weight excluding hydrogens is 731 g/mol. The first-order valence-corrected chi connectivity index (χ1v) is 21.4. The Kier molecular flexibility index (Phi) is 7.83. The second-order valence-corrected chi connectivity index (χ2v) is 16.9. The van der Waals surface area contributed by atoms with Gasteiger partial charge in [0.05, 0.1) is 15.8 Å². The lowest BCUT2D eigenvalue weighted by atomic mass is 9.67. The van der Waals surface area contributed by atoms with E-state index in [0.29, 0.717) is 5.92 Å². The van der Waals surface area contributed by atoms with E-state index < -0.39 is 5.41 Å². The Morgan fingerprint density at radius 2 is 1.14 bits per heavy atom. The molecule has 0 saturated heterocycles. The van der Waals surface area contributed by atoms with Gasteiger partial charge in [-0.3, -0.25) is 0 Å². The second kappa shape index (κ2) is 13.6. The number of fused-ring (bicyclic) bond motifs is 10. The molecule has 12 rings (SSSR count). The molecule has 0 N–H and O–H groups in total. The lowest BCUT2D eigenvalue weighted by Gasteiger charge is -2.35. The Morgan fingerprint density at radius 1 is 0.475 bits per heavy atom. The first-order chi connectivity index (χ1) is 29.3. The summed E-state index contributed by atoms with van der Waals surface area (Å²) >= 11 is 1.92. The van der Waals surface area contributed by atoms with E-state index in [1.807, 2.05) is 11.3 Å². The predicted octanol–water partition coefficient (Wildman–Crippen LogP) is 15.8. The Labute approximate surface area is 348 Å². The molecule has 1 atom stereocenters. The van der Waals surface area contributed by atoms with E-state index in [2.05, 4.69) is 223 Å². The molecule has 0 fully saturated rings. The van der Waals surface area contributed by atoms with Crippen molar-refractivity contribution in [1.29, 1.82) is 0 Å². The molecule has 1 unspecified atom stereocenters. The zero-order valence-electron chi connectivity index (χ0n) is 32.4. The summed E-state index contributed by atoms with van der Waals surface area (Å²) in [5.41, 5.74) is 12.1. The highest BCUT2D eigenvalue weighted by Crippen LogP contribution is 2.57. The van der Waals surface area contributed by atoms with Crippen LogP contribution < -0.4 is 4.90 Å². The van der Waals surface area contributed by atoms with Gasteiger partial charge >= 0.3 is 0 Å². The SMILES string of the molecule is C1=CCC(c2ccc(N(c3cccc(C4(c5ccccc5)c5ccccc5-c5ccccc54)c3)c3cccc4c3sc3c4ccc4ccc5ccccc5c43)cc2)C=C1. The summed E-state index contributed by atoms with van der Waals surface area (Å²) in [6.07, 6.45) is 9.95. The van der Waals surface area contributed by atoms with Gasteiger partial charge < -0.3 is 4.90 Å². The van der Waals surface area contributed by atoms with Gasteiger partial charge in [-0.05, 0) is 91.9 Å². The zero-order valence-corrected chi connectivity index (χ0v) is 33.2. The fourth-order valence-corrected chi connectivity index (χ4v) is 11.6. The molecule has 2 aliphatic rings. The number of rotatable bonds is 6. The van der Waals surface area contributed by atoms with Crippen LogP contribution in [-0.4, -0.2) is 0 Å². The summed E-state index contributed by atoms with van der Waals surface area (Å²) in [6, 6.07) is 72.7. The van der Waals surface area contributed by atoms with Crippen LogP contribution in [0.3, 0.4) is 0 Å². The molecule has 0 radical (unpaired) electrons. The van der Waals surface area contributed by atoms with Gasteiger partial charge in [0.15, 0.2) is 0 Å². The predicted molar refractivity (Wildman–Crippen MR) is 252 cm³/mol. The standard InChI is InChI=1S/C57H39NS/c1-3-15-38(16-4-1)39-31-34-44(35-32-39)58(53-28-14-25-49-50-36-33-41-30-29-40-17-7-8-22-46(40)54(41)56(50)59-55(49)53)45-21-13-20-43(37-45)57(42-18-5-2-6-19-42)51-26-11-9-23-47(51)48-24-10-12-27-52(48)57/h1-15,17-38H,16H2. The van der Waals surface area contributed by atoms with Gasteiger partial charge in [0.2, 0.25) is 0 Å². The van der Waals surface area contributed by atoms with Crippen molar-refractivity contribution in [2.24, 2.45) is 0 Å². The fraction of sp³-hybridized carbons (Fsp3) is 0.0526. The Hall–Kier alpha value is -7.00. The van der Waals surface area contributed by atoms with E-state index in [4.69, 9.17) is 0 Å². The summed E-state index contributed by atoms with van der Waals surface area (Å²) in [4.78, 5) is 2.51. The van der Waals surface area contributed by atoms with Crippen LogP contribution in [0.5, 0.6) is 0 Å². The van der Waals surface area contributed by atoms with Crippen molar-refractivity contribution in [3.8, 4) is 11.1 Å². The van der Waals surface area contributed by atoms with Crippen LogP contribution in [0.1, 0.15) is 40.2 Å². The maximum absolute atomic E-state index is 2.51. The van der Waals surface area contributed by atoms with E-state index in [1.54, 1.807) is 0 Å². The maximum Gasteiger partial charge on any atom is 0.0714 e. The monoisotopic (exact) mass is 769 g/mol. The first kappa shape index (κ1) is 34.1. The number of allylic oxidation sites excluding steroid dienone is 4. The third-order valence-electron chi connectivity index (χ3n) is 12.8. The van der Waals surface area contributed by atoms with Crippen molar-refractivity contribution in [2.45, 2.75) is 17.8 Å². The molecule has 0 aliphatic heterocycles. The van der Waals surface area contributed by atoms with Crippen molar-refractivity contribution in [2.75, 3.05) is 4.90 Å². The molecule has 1 nitrogen and oxygen atoms in total. The van der Waals surface area contributed by atoms with Crippen molar-refractivity contribution in [1.82, 2.24) is 0 Å². The molecule has 0 amide bonds. The van der Waals surface area contributed by atoms with Gasteiger partial charge in [-0.25, -0.2) is 0 Å². The fourth-order valence-electron chi connectivity index (χ4n) is 10.2. The van der Waals surface area contributed by atoms with Crippen LogP contribution in [0.25, 0.3) is 52.8 Å². The highest BCUT2D eigenvalue weighted by Gasteiger charge is 2.46. The van der Waals surface area contributed by atoms with E-state index >= 15 is 0 Å². The normalized spacial score (nSPS) is 15.2. The van der Waals surface area contributed by atoms with Gasteiger partial charge in [-0.15, -0.1) is 11.3 Å². The van der Waals surface area contributed by atoms with Crippen LogP contribution in [0.2, 0.25) is 0 Å². The summed E-state index contributed by atoms with van der Waals surface area (Å²) < 4.78 is 2.62.